The summed E-state index contributed by atoms with van der Waals surface area (Å²) in [5.41, 5.74) is 5.67. The van der Waals surface area contributed by atoms with Crippen LogP contribution in [0.1, 0.15) is 24.2 Å². The molecule has 0 saturated carbocycles. The highest BCUT2D eigenvalue weighted by Crippen LogP contribution is 2.21. The third-order valence-electron chi connectivity index (χ3n) is 2.52. The molecule has 0 saturated heterocycles. The highest BCUT2D eigenvalue weighted by atomic mass is 16.4. The van der Waals surface area contributed by atoms with Crippen LogP contribution in [0.4, 0.5) is 5.69 Å². The van der Waals surface area contributed by atoms with Gasteiger partial charge in [-0.3, -0.25) is 4.79 Å². The minimum Gasteiger partial charge on any atom is -0.507 e. The van der Waals surface area contributed by atoms with Crippen LogP contribution in [-0.2, 0) is 4.79 Å². The molecule has 1 atom stereocenters. The molecule has 5 N–H and O–H groups in total. The first-order valence-corrected chi connectivity index (χ1v) is 5.45. The maximum absolute atomic E-state index is 11.7. The zero-order valence-corrected chi connectivity index (χ0v) is 10.2. The summed E-state index contributed by atoms with van der Waals surface area (Å²) in [6.07, 6.45) is 0. The Hall–Kier alpha value is -2.08. The lowest BCUT2D eigenvalue weighted by Gasteiger charge is -2.15. The van der Waals surface area contributed by atoms with Crippen molar-refractivity contribution in [1.82, 2.24) is 0 Å². The van der Waals surface area contributed by atoms with E-state index in [0.29, 0.717) is 0 Å². The molecule has 1 amide bonds. The predicted octanol–water partition coefficient (Wildman–Crippen LogP) is 1.01. The summed E-state index contributed by atoms with van der Waals surface area (Å²) >= 11 is 0. The lowest BCUT2D eigenvalue weighted by Crippen LogP contribution is -2.39. The van der Waals surface area contributed by atoms with E-state index in [9.17, 15) is 14.7 Å². The fraction of sp³-hybridized carbons (Fsp3) is 0.333. The third-order valence-corrected chi connectivity index (χ3v) is 2.52. The highest BCUT2D eigenvalue weighted by Gasteiger charge is 2.18. The van der Waals surface area contributed by atoms with E-state index in [1.807, 2.05) is 13.8 Å². The summed E-state index contributed by atoms with van der Waals surface area (Å²) in [5, 5.41) is 20.7. The van der Waals surface area contributed by atoms with Gasteiger partial charge in [-0.1, -0.05) is 13.8 Å². The molecule has 6 heteroatoms. The summed E-state index contributed by atoms with van der Waals surface area (Å²) < 4.78 is 0. The Morgan fingerprint density at radius 3 is 2.44 bits per heavy atom. The van der Waals surface area contributed by atoms with Crippen molar-refractivity contribution in [1.29, 1.82) is 0 Å². The highest BCUT2D eigenvalue weighted by molar-refractivity contribution is 5.97. The number of carboxylic acid groups (broad SMARTS) is 1. The van der Waals surface area contributed by atoms with Crippen molar-refractivity contribution in [3.8, 4) is 5.75 Å². The molecular weight excluding hydrogens is 236 g/mol. The average molecular weight is 252 g/mol. The van der Waals surface area contributed by atoms with Crippen molar-refractivity contribution in [2.75, 3.05) is 5.32 Å². The Kier molecular flexibility index (Phi) is 4.28. The number of benzene rings is 1. The number of anilines is 1. The summed E-state index contributed by atoms with van der Waals surface area (Å²) in [4.78, 5) is 22.5. The fourth-order valence-electron chi connectivity index (χ4n) is 1.31. The van der Waals surface area contributed by atoms with Gasteiger partial charge in [0.15, 0.2) is 0 Å². The molecule has 98 valence electrons. The number of aromatic carboxylic acids is 1. The maximum Gasteiger partial charge on any atom is 0.339 e. The smallest absolute Gasteiger partial charge is 0.339 e. The summed E-state index contributed by atoms with van der Waals surface area (Å²) in [6, 6.07) is 3.13. The molecule has 1 aromatic carbocycles. The van der Waals surface area contributed by atoms with Gasteiger partial charge >= 0.3 is 5.97 Å². The lowest BCUT2D eigenvalue weighted by molar-refractivity contribution is -0.118. The number of nitrogens with two attached hydrogens (primary N) is 1. The van der Waals surface area contributed by atoms with E-state index < -0.39 is 17.9 Å². The number of carbonyl (C=O) groups excluding carboxylic acids is 1. The minimum absolute atomic E-state index is 0.0268. The number of hydrogen-bond donors (Lipinski definition) is 4. The van der Waals surface area contributed by atoms with Crippen molar-refractivity contribution in [2.45, 2.75) is 19.9 Å². The van der Waals surface area contributed by atoms with E-state index in [1.54, 1.807) is 0 Å². The van der Waals surface area contributed by atoms with Crippen LogP contribution in [0.2, 0.25) is 0 Å². The van der Waals surface area contributed by atoms with Crippen molar-refractivity contribution >= 4 is 17.6 Å². The van der Waals surface area contributed by atoms with E-state index in [0.717, 1.165) is 0 Å². The van der Waals surface area contributed by atoms with Gasteiger partial charge in [0, 0.05) is 5.69 Å². The Labute approximate surface area is 104 Å². The molecule has 1 unspecified atom stereocenters. The van der Waals surface area contributed by atoms with E-state index in [1.165, 1.54) is 18.2 Å². The molecule has 0 radical (unpaired) electrons. The molecule has 1 aromatic rings. The van der Waals surface area contributed by atoms with Crippen LogP contribution in [0.5, 0.6) is 5.75 Å². The maximum atomic E-state index is 11.7. The molecule has 0 spiro atoms. The second-order valence-corrected chi connectivity index (χ2v) is 4.30. The SMILES string of the molecule is CC(C)C(N)C(=O)Nc1ccc(O)c(C(=O)O)c1. The van der Waals surface area contributed by atoms with E-state index in [4.69, 9.17) is 10.8 Å². The van der Waals surface area contributed by atoms with Crippen molar-refractivity contribution < 1.29 is 19.8 Å². The Balaban J connectivity index is 2.89. The molecule has 0 heterocycles. The van der Waals surface area contributed by atoms with Crippen molar-refractivity contribution in [3.63, 3.8) is 0 Å². The zero-order valence-electron chi connectivity index (χ0n) is 10.2. The number of nitrogens with one attached hydrogen (secondary N) is 1. The van der Waals surface area contributed by atoms with Gasteiger partial charge in [-0.25, -0.2) is 4.79 Å². The molecule has 0 aliphatic rings. The van der Waals surface area contributed by atoms with E-state index >= 15 is 0 Å². The Morgan fingerprint density at radius 1 is 1.33 bits per heavy atom. The second kappa shape index (κ2) is 5.50. The summed E-state index contributed by atoms with van der Waals surface area (Å²) in [6.45, 7) is 3.62. The monoisotopic (exact) mass is 252 g/mol. The van der Waals surface area contributed by atoms with Crippen LogP contribution in [0.25, 0.3) is 0 Å². The largest absolute Gasteiger partial charge is 0.507 e. The number of amides is 1. The number of aromatic hydroxyl groups is 1. The van der Waals surface area contributed by atoms with Crippen LogP contribution in [-0.4, -0.2) is 28.1 Å². The fourth-order valence-corrected chi connectivity index (χ4v) is 1.31. The zero-order chi connectivity index (χ0) is 13.9. The van der Waals surface area contributed by atoms with E-state index in [2.05, 4.69) is 5.32 Å². The van der Waals surface area contributed by atoms with Crippen molar-refractivity contribution in [3.05, 3.63) is 23.8 Å². The molecule has 18 heavy (non-hydrogen) atoms. The van der Waals surface area contributed by atoms with Crippen LogP contribution in [0.15, 0.2) is 18.2 Å². The van der Waals surface area contributed by atoms with Gasteiger partial charge in [-0.2, -0.15) is 0 Å². The first kappa shape index (κ1) is 14.0. The first-order chi connectivity index (χ1) is 8.32. The molecule has 0 fully saturated rings. The average Bonchev–Trinajstić information content (AvgIpc) is 2.29. The van der Waals surface area contributed by atoms with Crippen LogP contribution in [0, 0.1) is 5.92 Å². The van der Waals surface area contributed by atoms with Gasteiger partial charge in [0.25, 0.3) is 0 Å². The molecule has 0 bridgehead atoms. The number of carboxylic acids is 1. The van der Waals surface area contributed by atoms with Gasteiger partial charge in [-0.15, -0.1) is 0 Å². The standard InChI is InChI=1S/C12H16N2O4/c1-6(2)10(13)11(16)14-7-3-4-9(15)8(5-7)12(17)18/h3-6,10,15H,13H2,1-2H3,(H,14,16)(H,17,18). The van der Waals surface area contributed by atoms with Gasteiger partial charge in [0.1, 0.15) is 11.3 Å². The number of carbonyl (C=O) groups is 2. The topological polar surface area (TPSA) is 113 Å². The van der Waals surface area contributed by atoms with Crippen LogP contribution in [0.3, 0.4) is 0 Å². The lowest BCUT2D eigenvalue weighted by atomic mass is 10.0. The van der Waals surface area contributed by atoms with Crippen LogP contribution < -0.4 is 11.1 Å². The summed E-state index contributed by atoms with van der Waals surface area (Å²) in [7, 11) is 0. The molecule has 0 aromatic heterocycles. The van der Waals surface area contributed by atoms with Crippen molar-refractivity contribution in [2.24, 2.45) is 11.7 Å². The Bertz CT molecular complexity index is 471. The third kappa shape index (κ3) is 3.21. The predicted molar refractivity (Wildman–Crippen MR) is 66.5 cm³/mol. The van der Waals surface area contributed by atoms with Crippen LogP contribution >= 0.6 is 0 Å². The number of hydrogen-bond acceptors (Lipinski definition) is 4. The van der Waals surface area contributed by atoms with Gasteiger partial charge < -0.3 is 21.3 Å². The minimum atomic E-state index is -1.27. The Morgan fingerprint density at radius 2 is 1.94 bits per heavy atom. The molecule has 6 nitrogen and oxygen atoms in total. The van der Waals surface area contributed by atoms with Gasteiger partial charge in [0.2, 0.25) is 5.91 Å². The molecule has 1 rings (SSSR count). The van der Waals surface area contributed by atoms with Gasteiger partial charge in [0.05, 0.1) is 6.04 Å². The number of rotatable bonds is 4. The first-order valence-electron chi connectivity index (χ1n) is 5.45. The second-order valence-electron chi connectivity index (χ2n) is 4.30. The number of phenols is 1. The molecule has 0 aliphatic heterocycles. The normalized spacial score (nSPS) is 12.2. The van der Waals surface area contributed by atoms with Gasteiger partial charge in [-0.05, 0) is 24.1 Å². The summed E-state index contributed by atoms with van der Waals surface area (Å²) in [5.74, 6) is -2.04. The van der Waals surface area contributed by atoms with E-state index in [-0.39, 0.29) is 22.9 Å². The molecular formula is C12H16N2O4. The quantitative estimate of drug-likeness (QED) is 0.597. The molecule has 0 aliphatic carbocycles.